The van der Waals surface area contributed by atoms with Crippen molar-refractivity contribution in [3.63, 3.8) is 0 Å². The number of aromatic nitrogens is 3. The molecule has 1 aliphatic heterocycles. The molecule has 0 aromatic carbocycles. The predicted molar refractivity (Wildman–Crippen MR) is 125 cm³/mol. The summed E-state index contributed by atoms with van der Waals surface area (Å²) >= 11 is 0. The summed E-state index contributed by atoms with van der Waals surface area (Å²) in [5.74, 6) is -2.08. The van der Waals surface area contributed by atoms with Crippen LogP contribution >= 0.6 is 0 Å². The van der Waals surface area contributed by atoms with Gasteiger partial charge in [0, 0.05) is 37.6 Å². The third-order valence-corrected chi connectivity index (χ3v) is 5.13. The monoisotopic (exact) mass is 580 g/mol. The van der Waals surface area contributed by atoms with Crippen molar-refractivity contribution in [3.8, 4) is 0 Å². The molecule has 220 valence electrons. The van der Waals surface area contributed by atoms with E-state index in [1.54, 1.807) is 6.20 Å². The van der Waals surface area contributed by atoms with E-state index in [9.17, 15) is 26.3 Å². The Hall–Kier alpha value is -3.92. The highest BCUT2D eigenvalue weighted by Gasteiger charge is 2.38. The van der Waals surface area contributed by atoms with Crippen LogP contribution in [0.5, 0.6) is 0 Å². The Bertz CT molecular complexity index is 1190. The summed E-state index contributed by atoms with van der Waals surface area (Å²) < 4.78 is 77.4. The zero-order valence-corrected chi connectivity index (χ0v) is 21.0. The predicted octanol–water partition coefficient (Wildman–Crippen LogP) is 4.29. The second-order valence-corrected chi connectivity index (χ2v) is 8.49. The van der Waals surface area contributed by atoms with Gasteiger partial charge >= 0.3 is 24.3 Å². The molecule has 0 spiro atoms. The average Bonchev–Trinajstić information content (AvgIpc) is 3.43. The van der Waals surface area contributed by atoms with Gasteiger partial charge in [-0.2, -0.15) is 26.3 Å². The molecular weight excluding hydrogens is 554 g/mol. The summed E-state index contributed by atoms with van der Waals surface area (Å²) in [7, 11) is 0. The third-order valence-electron chi connectivity index (χ3n) is 5.13. The lowest BCUT2D eigenvalue weighted by Crippen LogP contribution is -2.30. The van der Waals surface area contributed by atoms with E-state index in [1.165, 1.54) is 0 Å². The van der Waals surface area contributed by atoms with Crippen LogP contribution in [0.4, 0.5) is 26.3 Å². The second kappa shape index (κ2) is 14.5. The van der Waals surface area contributed by atoms with Crippen LogP contribution in [-0.2, 0) is 40.6 Å². The fourth-order valence-electron chi connectivity index (χ4n) is 3.45. The Morgan fingerprint density at radius 3 is 2.17 bits per heavy atom. The highest BCUT2D eigenvalue weighted by molar-refractivity contribution is 5.73. The fourth-order valence-corrected chi connectivity index (χ4v) is 3.45. The molecule has 3 aromatic heterocycles. The van der Waals surface area contributed by atoms with Gasteiger partial charge in [0.25, 0.3) is 0 Å². The van der Waals surface area contributed by atoms with Crippen molar-refractivity contribution in [1.82, 2.24) is 19.4 Å². The standard InChI is InChI=1S/C20H24N4O2.2C2HF3O2/c1-16-5-6-19(26-16)12-23-10-17(11-24-9-8-22-20(24)13-23)14-25-15-18-4-2-3-7-21-18;2*3-2(4,5)1(6)7/h2-9,17H,10-15H2,1H3;2*(H,6,7). The maximum atomic E-state index is 10.6. The SMILES string of the molecule is Cc1ccc(CN2Cc3nccn3CC(COCc3ccccn3)C2)o1.O=C(O)C(F)(F)F.O=C(O)C(F)(F)F. The van der Waals surface area contributed by atoms with Gasteiger partial charge in [-0.05, 0) is 31.2 Å². The number of alkyl halides is 6. The molecule has 0 saturated heterocycles. The van der Waals surface area contributed by atoms with Crippen molar-refractivity contribution < 1.29 is 55.3 Å². The first-order valence-electron chi connectivity index (χ1n) is 11.5. The molecule has 0 aliphatic carbocycles. The zero-order valence-electron chi connectivity index (χ0n) is 21.0. The van der Waals surface area contributed by atoms with Crippen LogP contribution < -0.4 is 0 Å². The number of aryl methyl sites for hydroxylation is 1. The van der Waals surface area contributed by atoms with Crippen molar-refractivity contribution in [2.75, 3.05) is 13.2 Å². The van der Waals surface area contributed by atoms with Gasteiger partial charge < -0.3 is 23.9 Å². The van der Waals surface area contributed by atoms with Gasteiger partial charge in [0.05, 0.1) is 32.0 Å². The Morgan fingerprint density at radius 2 is 1.65 bits per heavy atom. The van der Waals surface area contributed by atoms with E-state index in [2.05, 4.69) is 31.7 Å². The molecule has 2 N–H and O–H groups in total. The molecule has 0 bridgehead atoms. The first kappa shape index (κ1) is 32.3. The van der Waals surface area contributed by atoms with E-state index >= 15 is 0 Å². The molecule has 1 unspecified atom stereocenters. The minimum Gasteiger partial charge on any atom is -0.475 e. The number of carboxylic acid groups (broad SMARTS) is 2. The molecule has 1 atom stereocenters. The molecular formula is C24H26F6N4O6. The highest BCUT2D eigenvalue weighted by atomic mass is 19.4. The molecule has 0 amide bonds. The van der Waals surface area contributed by atoms with Crippen LogP contribution in [-0.4, -0.2) is 67.1 Å². The summed E-state index contributed by atoms with van der Waals surface area (Å²) in [4.78, 5) is 29.0. The summed E-state index contributed by atoms with van der Waals surface area (Å²) in [5, 5.41) is 14.2. The number of nitrogens with zero attached hydrogens (tertiary/aromatic N) is 4. The number of aliphatic carboxylic acids is 2. The van der Waals surface area contributed by atoms with E-state index in [1.807, 2.05) is 37.4 Å². The lowest BCUT2D eigenvalue weighted by molar-refractivity contribution is -0.193. The summed E-state index contributed by atoms with van der Waals surface area (Å²) in [5.41, 5.74) is 0.965. The second-order valence-electron chi connectivity index (χ2n) is 8.49. The Labute approximate surface area is 223 Å². The molecule has 0 saturated carbocycles. The number of hydrogen-bond acceptors (Lipinski definition) is 7. The van der Waals surface area contributed by atoms with Gasteiger partial charge in [0.1, 0.15) is 17.3 Å². The Kier molecular flexibility index (Phi) is 11.7. The largest absolute Gasteiger partial charge is 0.490 e. The topological polar surface area (TPSA) is 131 Å². The highest BCUT2D eigenvalue weighted by Crippen LogP contribution is 2.19. The molecule has 0 fully saturated rings. The van der Waals surface area contributed by atoms with Crippen LogP contribution in [0.2, 0.25) is 0 Å². The molecule has 4 heterocycles. The number of pyridine rings is 1. The fraction of sp³-hybridized carbons (Fsp3) is 0.417. The van der Waals surface area contributed by atoms with E-state index < -0.39 is 24.3 Å². The van der Waals surface area contributed by atoms with E-state index in [0.29, 0.717) is 19.1 Å². The third kappa shape index (κ3) is 11.4. The molecule has 40 heavy (non-hydrogen) atoms. The van der Waals surface area contributed by atoms with Gasteiger partial charge in [0.2, 0.25) is 0 Å². The summed E-state index contributed by atoms with van der Waals surface area (Å²) in [6.45, 7) is 6.71. The number of furan rings is 1. The maximum absolute atomic E-state index is 10.6. The van der Waals surface area contributed by atoms with Crippen molar-refractivity contribution >= 4 is 11.9 Å². The van der Waals surface area contributed by atoms with Gasteiger partial charge in [-0.3, -0.25) is 9.88 Å². The van der Waals surface area contributed by atoms with Crippen LogP contribution in [0.1, 0.15) is 23.0 Å². The molecule has 3 aromatic rings. The van der Waals surface area contributed by atoms with Crippen molar-refractivity contribution in [2.24, 2.45) is 5.92 Å². The van der Waals surface area contributed by atoms with Crippen LogP contribution in [0.15, 0.2) is 53.3 Å². The Balaban J connectivity index is 0.000000333. The van der Waals surface area contributed by atoms with Crippen molar-refractivity contribution in [3.05, 3.63) is 72.0 Å². The van der Waals surface area contributed by atoms with Gasteiger partial charge in [-0.1, -0.05) is 6.07 Å². The zero-order chi connectivity index (χ0) is 29.9. The van der Waals surface area contributed by atoms with E-state index in [-0.39, 0.29) is 0 Å². The van der Waals surface area contributed by atoms with Crippen LogP contribution in [0, 0.1) is 12.8 Å². The van der Waals surface area contributed by atoms with Crippen LogP contribution in [0.3, 0.4) is 0 Å². The van der Waals surface area contributed by atoms with Crippen LogP contribution in [0.25, 0.3) is 0 Å². The number of imidazole rings is 1. The minimum atomic E-state index is -5.08. The van der Waals surface area contributed by atoms with Gasteiger partial charge in [-0.25, -0.2) is 14.6 Å². The van der Waals surface area contributed by atoms with E-state index in [4.69, 9.17) is 29.0 Å². The number of carbonyl (C=O) groups is 2. The van der Waals surface area contributed by atoms with Crippen molar-refractivity contribution in [1.29, 1.82) is 0 Å². The summed E-state index contributed by atoms with van der Waals surface area (Å²) in [6, 6.07) is 9.97. The quantitative estimate of drug-likeness (QED) is 0.410. The van der Waals surface area contributed by atoms with Gasteiger partial charge in [0.15, 0.2) is 0 Å². The maximum Gasteiger partial charge on any atom is 0.490 e. The number of hydrogen-bond donors (Lipinski definition) is 2. The summed E-state index contributed by atoms with van der Waals surface area (Å²) in [6.07, 6.45) is -4.43. The van der Waals surface area contributed by atoms with Crippen molar-refractivity contribution in [2.45, 2.75) is 45.5 Å². The van der Waals surface area contributed by atoms with Gasteiger partial charge in [-0.15, -0.1) is 0 Å². The number of rotatable bonds is 6. The molecule has 16 heteroatoms. The molecule has 4 rings (SSSR count). The normalized spacial score (nSPS) is 15.5. The lowest BCUT2D eigenvalue weighted by Gasteiger charge is -2.22. The minimum absolute atomic E-state index is 0.394. The molecule has 0 radical (unpaired) electrons. The first-order chi connectivity index (χ1) is 18.6. The molecule has 1 aliphatic rings. The number of fused-ring (bicyclic) bond motifs is 1. The molecule has 10 nitrogen and oxygen atoms in total. The number of ether oxygens (including phenoxy) is 1. The number of carboxylic acids is 2. The van der Waals surface area contributed by atoms with E-state index in [0.717, 1.165) is 49.2 Å². The Morgan fingerprint density at radius 1 is 1.00 bits per heavy atom. The smallest absolute Gasteiger partial charge is 0.475 e. The lowest BCUT2D eigenvalue weighted by atomic mass is 10.1. The number of halogens is 6. The first-order valence-corrected chi connectivity index (χ1v) is 11.5. The average molecular weight is 580 g/mol.